The Bertz CT molecular complexity index is 733. The molecule has 0 amide bonds. The van der Waals surface area contributed by atoms with Crippen molar-refractivity contribution >= 4 is 28.4 Å². The monoisotopic (exact) mass is 256 g/mol. The van der Waals surface area contributed by atoms with E-state index in [4.69, 9.17) is 11.6 Å². The van der Waals surface area contributed by atoms with E-state index >= 15 is 0 Å². The highest BCUT2D eigenvalue weighted by Gasteiger charge is 2.14. The zero-order valence-electron chi connectivity index (χ0n) is 9.38. The van der Waals surface area contributed by atoms with Gasteiger partial charge < -0.3 is 0 Å². The molecule has 0 aliphatic rings. The van der Waals surface area contributed by atoms with E-state index < -0.39 is 0 Å². The summed E-state index contributed by atoms with van der Waals surface area (Å²) in [5.74, 6) is -0.221. The van der Waals surface area contributed by atoms with E-state index in [1.54, 1.807) is 30.5 Å². The average Bonchev–Trinajstić information content (AvgIpc) is 2.82. The molecule has 0 fully saturated rings. The molecule has 0 N–H and O–H groups in total. The molecule has 2 aromatic carbocycles. The summed E-state index contributed by atoms with van der Waals surface area (Å²) in [7, 11) is 0. The Morgan fingerprint density at radius 3 is 2.61 bits per heavy atom. The van der Waals surface area contributed by atoms with Gasteiger partial charge in [0, 0.05) is 5.39 Å². The van der Waals surface area contributed by atoms with E-state index in [1.165, 1.54) is 4.68 Å². The SMILES string of the molecule is O=C(c1ccccc1Cl)n1ncc2ccccc21. The summed E-state index contributed by atoms with van der Waals surface area (Å²) in [6.45, 7) is 0. The minimum atomic E-state index is -0.221. The first-order chi connectivity index (χ1) is 8.77. The van der Waals surface area contributed by atoms with Gasteiger partial charge in [-0.25, -0.2) is 0 Å². The number of fused-ring (bicyclic) bond motifs is 1. The first-order valence-corrected chi connectivity index (χ1v) is 5.87. The molecule has 1 heterocycles. The number of aromatic nitrogens is 2. The fourth-order valence-electron chi connectivity index (χ4n) is 1.88. The van der Waals surface area contributed by atoms with Gasteiger partial charge in [-0.2, -0.15) is 9.78 Å². The number of halogens is 1. The molecule has 0 unspecified atom stereocenters. The van der Waals surface area contributed by atoms with Gasteiger partial charge in [-0.3, -0.25) is 4.79 Å². The molecule has 3 nitrogen and oxygen atoms in total. The number of carbonyl (C=O) groups excluding carboxylic acids is 1. The van der Waals surface area contributed by atoms with E-state index in [1.807, 2.05) is 24.3 Å². The summed E-state index contributed by atoms with van der Waals surface area (Å²) in [6.07, 6.45) is 1.67. The summed E-state index contributed by atoms with van der Waals surface area (Å²) in [5, 5.41) is 5.48. The van der Waals surface area contributed by atoms with Crippen LogP contribution in [0.5, 0.6) is 0 Å². The van der Waals surface area contributed by atoms with Crippen LogP contribution in [0.3, 0.4) is 0 Å². The lowest BCUT2D eigenvalue weighted by Crippen LogP contribution is -2.13. The third kappa shape index (κ3) is 1.69. The van der Waals surface area contributed by atoms with Crippen LogP contribution in [0.2, 0.25) is 5.02 Å². The van der Waals surface area contributed by atoms with Crippen molar-refractivity contribution in [3.8, 4) is 0 Å². The van der Waals surface area contributed by atoms with Gasteiger partial charge in [0.15, 0.2) is 0 Å². The Balaban J connectivity index is 2.16. The summed E-state index contributed by atoms with van der Waals surface area (Å²) < 4.78 is 1.37. The Hall–Kier alpha value is -2.13. The van der Waals surface area contributed by atoms with Crippen molar-refractivity contribution in [2.45, 2.75) is 0 Å². The lowest BCUT2D eigenvalue weighted by molar-refractivity contribution is 0.0950. The van der Waals surface area contributed by atoms with Gasteiger partial charge in [0.1, 0.15) is 0 Å². The molecule has 0 atom stereocenters. The van der Waals surface area contributed by atoms with Crippen LogP contribution in [-0.2, 0) is 0 Å². The Kier molecular flexibility index (Phi) is 2.61. The van der Waals surface area contributed by atoms with Crippen molar-refractivity contribution in [1.82, 2.24) is 9.78 Å². The van der Waals surface area contributed by atoms with E-state index in [-0.39, 0.29) is 5.91 Å². The molecule has 0 bridgehead atoms. The van der Waals surface area contributed by atoms with Crippen LogP contribution < -0.4 is 0 Å². The molecule has 3 aromatic rings. The van der Waals surface area contributed by atoms with Crippen molar-refractivity contribution in [2.24, 2.45) is 0 Å². The normalized spacial score (nSPS) is 10.7. The average molecular weight is 257 g/mol. The number of hydrogen-bond acceptors (Lipinski definition) is 2. The van der Waals surface area contributed by atoms with Gasteiger partial charge >= 0.3 is 0 Å². The molecular weight excluding hydrogens is 248 g/mol. The summed E-state index contributed by atoms with van der Waals surface area (Å²) >= 11 is 6.03. The van der Waals surface area contributed by atoms with Crippen molar-refractivity contribution in [3.63, 3.8) is 0 Å². The van der Waals surface area contributed by atoms with Gasteiger partial charge in [0.05, 0.1) is 22.3 Å². The number of carbonyl (C=O) groups is 1. The highest BCUT2D eigenvalue weighted by molar-refractivity contribution is 6.34. The lowest BCUT2D eigenvalue weighted by Gasteiger charge is -2.04. The molecule has 18 heavy (non-hydrogen) atoms. The number of hydrogen-bond donors (Lipinski definition) is 0. The largest absolute Gasteiger partial charge is 0.280 e. The Morgan fingerprint density at radius 2 is 1.78 bits per heavy atom. The van der Waals surface area contributed by atoms with E-state index in [9.17, 15) is 4.79 Å². The summed E-state index contributed by atoms with van der Waals surface area (Å²) in [6, 6.07) is 14.5. The van der Waals surface area contributed by atoms with Crippen LogP contribution in [0, 0.1) is 0 Å². The zero-order chi connectivity index (χ0) is 12.5. The fourth-order valence-corrected chi connectivity index (χ4v) is 2.10. The molecule has 0 spiro atoms. The third-order valence-electron chi connectivity index (χ3n) is 2.77. The quantitative estimate of drug-likeness (QED) is 0.669. The summed E-state index contributed by atoms with van der Waals surface area (Å²) in [4.78, 5) is 12.4. The van der Waals surface area contributed by atoms with Crippen molar-refractivity contribution in [3.05, 3.63) is 65.3 Å². The lowest BCUT2D eigenvalue weighted by atomic mass is 10.2. The van der Waals surface area contributed by atoms with Gasteiger partial charge in [0.2, 0.25) is 0 Å². The highest BCUT2D eigenvalue weighted by Crippen LogP contribution is 2.19. The number of benzene rings is 2. The fraction of sp³-hybridized carbons (Fsp3) is 0. The third-order valence-corrected chi connectivity index (χ3v) is 3.10. The number of para-hydroxylation sites is 1. The molecule has 0 saturated heterocycles. The summed E-state index contributed by atoms with van der Waals surface area (Å²) in [5.41, 5.74) is 1.23. The highest BCUT2D eigenvalue weighted by atomic mass is 35.5. The van der Waals surface area contributed by atoms with Crippen LogP contribution in [-0.4, -0.2) is 15.7 Å². The van der Waals surface area contributed by atoms with Crippen molar-refractivity contribution < 1.29 is 4.79 Å². The Labute approximate surface area is 109 Å². The smallest absolute Gasteiger partial charge is 0.267 e. The van der Waals surface area contributed by atoms with Crippen LogP contribution in [0.25, 0.3) is 10.9 Å². The molecule has 0 radical (unpaired) electrons. The molecule has 4 heteroatoms. The maximum absolute atomic E-state index is 12.4. The first kappa shape index (κ1) is 11.0. The maximum Gasteiger partial charge on any atom is 0.280 e. The molecule has 88 valence electrons. The second-order valence-corrected chi connectivity index (χ2v) is 4.31. The second-order valence-electron chi connectivity index (χ2n) is 3.90. The van der Waals surface area contributed by atoms with Crippen LogP contribution in [0.1, 0.15) is 10.4 Å². The first-order valence-electron chi connectivity index (χ1n) is 5.49. The topological polar surface area (TPSA) is 34.9 Å². The number of rotatable bonds is 1. The molecule has 3 rings (SSSR count). The minimum Gasteiger partial charge on any atom is -0.267 e. The van der Waals surface area contributed by atoms with E-state index in [0.29, 0.717) is 10.6 Å². The van der Waals surface area contributed by atoms with Crippen LogP contribution in [0.15, 0.2) is 54.7 Å². The maximum atomic E-state index is 12.4. The predicted molar refractivity (Wildman–Crippen MR) is 70.9 cm³/mol. The molecule has 0 aliphatic heterocycles. The minimum absolute atomic E-state index is 0.221. The van der Waals surface area contributed by atoms with Gasteiger partial charge in [0.25, 0.3) is 5.91 Å². The molecule has 1 aromatic heterocycles. The van der Waals surface area contributed by atoms with E-state index in [2.05, 4.69) is 5.10 Å². The zero-order valence-corrected chi connectivity index (χ0v) is 10.1. The van der Waals surface area contributed by atoms with Crippen molar-refractivity contribution in [1.29, 1.82) is 0 Å². The molecular formula is C14H9ClN2O. The van der Waals surface area contributed by atoms with E-state index in [0.717, 1.165) is 10.9 Å². The van der Waals surface area contributed by atoms with Gasteiger partial charge in [-0.1, -0.05) is 41.9 Å². The van der Waals surface area contributed by atoms with Crippen LogP contribution in [0.4, 0.5) is 0 Å². The molecule has 0 saturated carbocycles. The second kappa shape index (κ2) is 4.27. The standard InChI is InChI=1S/C14H9ClN2O/c15-12-7-3-2-6-11(12)14(18)17-13-8-4-1-5-10(13)9-16-17/h1-9H. The van der Waals surface area contributed by atoms with Gasteiger partial charge in [-0.15, -0.1) is 0 Å². The predicted octanol–water partition coefficient (Wildman–Crippen LogP) is 3.38. The van der Waals surface area contributed by atoms with Crippen molar-refractivity contribution in [2.75, 3.05) is 0 Å². The molecule has 0 aliphatic carbocycles. The van der Waals surface area contributed by atoms with Gasteiger partial charge in [-0.05, 0) is 18.2 Å². The Morgan fingerprint density at radius 1 is 1.06 bits per heavy atom. The number of nitrogens with zero attached hydrogens (tertiary/aromatic N) is 2. The van der Waals surface area contributed by atoms with Crippen LogP contribution >= 0.6 is 11.6 Å².